The highest BCUT2D eigenvalue weighted by atomic mass is 32.2. The number of rotatable bonds is 4. The minimum atomic E-state index is -4.72. The summed E-state index contributed by atoms with van der Waals surface area (Å²) >= 11 is 0. The Morgan fingerprint density at radius 1 is 1.07 bits per heavy atom. The van der Waals surface area contributed by atoms with Gasteiger partial charge in [0.2, 0.25) is 15.9 Å². The maximum atomic E-state index is 13.4. The van der Waals surface area contributed by atoms with E-state index in [0.29, 0.717) is 32.0 Å². The summed E-state index contributed by atoms with van der Waals surface area (Å²) in [5.74, 6) is 0.243. The van der Waals surface area contributed by atoms with Crippen molar-refractivity contribution in [3.63, 3.8) is 0 Å². The predicted octanol–water partition coefficient (Wildman–Crippen LogP) is 3.34. The van der Waals surface area contributed by atoms with E-state index in [-0.39, 0.29) is 23.6 Å². The van der Waals surface area contributed by atoms with Crippen LogP contribution in [0.25, 0.3) is 0 Å². The Bertz CT molecular complexity index is 844. The third kappa shape index (κ3) is 5.42. The lowest BCUT2D eigenvalue weighted by atomic mass is 9.87. The number of carbonyl (C=O) groups is 1. The number of hydrogen-bond donors (Lipinski definition) is 2. The Balaban J connectivity index is 1.66. The molecule has 6 nitrogen and oxygen atoms in total. The van der Waals surface area contributed by atoms with E-state index < -0.39 is 26.7 Å². The number of sulfonamides is 1. The van der Waals surface area contributed by atoms with Gasteiger partial charge < -0.3 is 10.2 Å². The summed E-state index contributed by atoms with van der Waals surface area (Å²) in [5, 5.41) is 7.84. The van der Waals surface area contributed by atoms with E-state index in [0.717, 1.165) is 37.8 Å². The van der Waals surface area contributed by atoms with Crippen molar-refractivity contribution in [1.82, 2.24) is 4.90 Å². The van der Waals surface area contributed by atoms with Crippen LogP contribution in [-0.4, -0.2) is 38.4 Å². The zero-order valence-corrected chi connectivity index (χ0v) is 16.9. The number of likely N-dealkylation sites (tertiary alicyclic amines) is 1. The molecule has 0 atom stereocenters. The van der Waals surface area contributed by atoms with Crippen LogP contribution in [0.2, 0.25) is 0 Å². The van der Waals surface area contributed by atoms with E-state index in [4.69, 9.17) is 5.14 Å². The summed E-state index contributed by atoms with van der Waals surface area (Å²) in [6.45, 7) is 1.01. The van der Waals surface area contributed by atoms with Crippen molar-refractivity contribution in [2.45, 2.75) is 62.1 Å². The van der Waals surface area contributed by atoms with E-state index in [2.05, 4.69) is 5.32 Å². The number of hydrogen-bond acceptors (Lipinski definition) is 4. The molecule has 0 unspecified atom stereocenters. The molecule has 29 heavy (non-hydrogen) atoms. The van der Waals surface area contributed by atoms with Crippen molar-refractivity contribution in [2.24, 2.45) is 11.1 Å². The first-order valence-corrected chi connectivity index (χ1v) is 11.4. The second kappa shape index (κ2) is 8.51. The van der Waals surface area contributed by atoms with Crippen molar-refractivity contribution < 1.29 is 26.4 Å². The van der Waals surface area contributed by atoms with Gasteiger partial charge in [-0.3, -0.25) is 4.79 Å². The predicted molar refractivity (Wildman–Crippen MR) is 103 cm³/mol. The summed E-state index contributed by atoms with van der Waals surface area (Å²) < 4.78 is 63.0. The highest BCUT2D eigenvalue weighted by Gasteiger charge is 2.36. The lowest BCUT2D eigenvalue weighted by Crippen LogP contribution is -2.45. The number of carbonyl (C=O) groups excluding carboxylic acids is 1. The smallest absolute Gasteiger partial charge is 0.382 e. The van der Waals surface area contributed by atoms with Crippen LogP contribution in [-0.2, 0) is 21.0 Å². The van der Waals surface area contributed by atoms with E-state index in [1.165, 1.54) is 6.42 Å². The van der Waals surface area contributed by atoms with Gasteiger partial charge in [0.1, 0.15) is 0 Å². The van der Waals surface area contributed by atoms with Gasteiger partial charge in [-0.2, -0.15) is 13.2 Å². The first kappa shape index (κ1) is 21.9. The van der Waals surface area contributed by atoms with Crippen LogP contribution in [0.3, 0.4) is 0 Å². The molecule has 1 amide bonds. The molecule has 0 aromatic heterocycles. The number of amides is 1. The summed E-state index contributed by atoms with van der Waals surface area (Å²) in [6.07, 6.45) is 1.50. The molecule has 10 heteroatoms. The van der Waals surface area contributed by atoms with E-state index in [1.54, 1.807) is 0 Å². The van der Waals surface area contributed by atoms with Gasteiger partial charge in [0, 0.05) is 30.7 Å². The van der Waals surface area contributed by atoms with Crippen LogP contribution >= 0.6 is 0 Å². The van der Waals surface area contributed by atoms with Crippen molar-refractivity contribution >= 4 is 21.6 Å². The maximum absolute atomic E-state index is 13.4. The van der Waals surface area contributed by atoms with Crippen molar-refractivity contribution in [3.8, 4) is 0 Å². The zero-order chi connectivity index (χ0) is 21.2. The Labute approximate surface area is 168 Å². The summed E-state index contributed by atoms with van der Waals surface area (Å²) in [7, 11) is -4.24. The molecule has 0 spiro atoms. The number of halogens is 3. The minimum absolute atomic E-state index is 0.0795. The molecule has 1 saturated heterocycles. The molecule has 2 fully saturated rings. The monoisotopic (exact) mass is 433 g/mol. The second-order valence-electron chi connectivity index (χ2n) is 7.83. The number of nitrogens with two attached hydrogens (primary N) is 1. The number of nitrogens with one attached hydrogen (secondary N) is 1. The highest BCUT2D eigenvalue weighted by Crippen LogP contribution is 2.37. The number of primary sulfonamides is 1. The SMILES string of the molecule is NS(=O)(=O)c1ccc(NC2CCN(C(=O)C3CCCCC3)CC2)c(C(F)(F)F)c1. The molecule has 1 aromatic carbocycles. The molecule has 2 aliphatic rings. The van der Waals surface area contributed by atoms with Crippen LogP contribution in [0, 0.1) is 5.92 Å². The fourth-order valence-electron chi connectivity index (χ4n) is 4.13. The Morgan fingerprint density at radius 2 is 1.69 bits per heavy atom. The van der Waals surface area contributed by atoms with Gasteiger partial charge in [-0.15, -0.1) is 0 Å². The quantitative estimate of drug-likeness (QED) is 0.762. The molecule has 1 aliphatic heterocycles. The maximum Gasteiger partial charge on any atom is 0.418 e. The molecule has 1 saturated carbocycles. The minimum Gasteiger partial charge on any atom is -0.382 e. The number of nitrogens with zero attached hydrogens (tertiary/aromatic N) is 1. The van der Waals surface area contributed by atoms with Crippen molar-refractivity contribution in [3.05, 3.63) is 23.8 Å². The number of anilines is 1. The zero-order valence-electron chi connectivity index (χ0n) is 16.0. The first-order chi connectivity index (χ1) is 13.6. The number of benzene rings is 1. The van der Waals surface area contributed by atoms with E-state index in [9.17, 15) is 26.4 Å². The highest BCUT2D eigenvalue weighted by molar-refractivity contribution is 7.89. The topological polar surface area (TPSA) is 92.5 Å². The molecular weight excluding hydrogens is 407 g/mol. The van der Waals surface area contributed by atoms with E-state index >= 15 is 0 Å². The summed E-state index contributed by atoms with van der Waals surface area (Å²) in [5.41, 5.74) is -1.24. The second-order valence-corrected chi connectivity index (χ2v) is 9.39. The fraction of sp³-hybridized carbons (Fsp3) is 0.632. The Morgan fingerprint density at radius 3 is 2.24 bits per heavy atom. The van der Waals surface area contributed by atoms with Gasteiger partial charge in [0.15, 0.2) is 0 Å². The molecule has 3 rings (SSSR count). The molecule has 3 N–H and O–H groups in total. The van der Waals surface area contributed by atoms with Crippen LogP contribution in [0.15, 0.2) is 23.1 Å². The number of alkyl halides is 3. The lowest BCUT2D eigenvalue weighted by molar-refractivity contribution is -0.137. The molecule has 1 aromatic rings. The molecular formula is C19H26F3N3O3S. The Hall–Kier alpha value is -1.81. The van der Waals surface area contributed by atoms with Gasteiger partial charge in [0.25, 0.3) is 0 Å². The number of piperidine rings is 1. The van der Waals surface area contributed by atoms with Gasteiger partial charge in [0.05, 0.1) is 10.5 Å². The first-order valence-electron chi connectivity index (χ1n) is 9.85. The normalized spacial score (nSPS) is 19.9. The largest absolute Gasteiger partial charge is 0.418 e. The van der Waals surface area contributed by atoms with Gasteiger partial charge >= 0.3 is 6.18 Å². The Kier molecular flexibility index (Phi) is 6.42. The summed E-state index contributed by atoms with van der Waals surface area (Å²) in [4.78, 5) is 13.9. The van der Waals surface area contributed by atoms with Crippen LogP contribution < -0.4 is 10.5 Å². The van der Waals surface area contributed by atoms with E-state index in [1.807, 2.05) is 4.90 Å². The fourth-order valence-corrected chi connectivity index (χ4v) is 4.67. The molecule has 0 bridgehead atoms. The van der Waals surface area contributed by atoms with Gasteiger partial charge in [-0.05, 0) is 43.9 Å². The standard InChI is InChI=1S/C19H26F3N3O3S/c20-19(21,22)16-12-15(29(23,27)28)6-7-17(16)24-14-8-10-25(11-9-14)18(26)13-4-2-1-3-5-13/h6-7,12-14,24H,1-5,8-11H2,(H2,23,27,28). The van der Waals surface area contributed by atoms with Crippen molar-refractivity contribution in [2.75, 3.05) is 18.4 Å². The van der Waals surface area contributed by atoms with Gasteiger partial charge in [-0.25, -0.2) is 13.6 Å². The van der Waals surface area contributed by atoms with Crippen LogP contribution in [0.5, 0.6) is 0 Å². The van der Waals surface area contributed by atoms with Gasteiger partial charge in [-0.1, -0.05) is 19.3 Å². The third-order valence-corrected chi connectivity index (χ3v) is 6.66. The van der Waals surface area contributed by atoms with Crippen LogP contribution in [0.4, 0.5) is 18.9 Å². The summed E-state index contributed by atoms with van der Waals surface area (Å²) in [6, 6.07) is 2.49. The average molecular weight is 433 g/mol. The molecule has 1 aliphatic carbocycles. The molecule has 0 radical (unpaired) electrons. The van der Waals surface area contributed by atoms with Crippen LogP contribution in [0.1, 0.15) is 50.5 Å². The lowest BCUT2D eigenvalue weighted by Gasteiger charge is -2.36. The molecule has 1 heterocycles. The average Bonchev–Trinajstić information content (AvgIpc) is 2.67. The van der Waals surface area contributed by atoms with Crippen molar-refractivity contribution in [1.29, 1.82) is 0 Å². The molecule has 162 valence electrons. The third-order valence-electron chi connectivity index (χ3n) is 5.75.